The van der Waals surface area contributed by atoms with Gasteiger partial charge in [-0.15, -0.1) is 0 Å². The first-order valence-corrected chi connectivity index (χ1v) is 29.7. The smallest absolute Gasteiger partial charge is 0.112 e. The average molecular weight is 1010 g/mol. The highest BCUT2D eigenvalue weighted by Crippen LogP contribution is 2.43. The predicted molar refractivity (Wildman–Crippen MR) is 332 cm³/mol. The summed E-state index contributed by atoms with van der Waals surface area (Å²) in [4.78, 5) is 4.90. The number of hydrogen-bond acceptors (Lipinski definition) is 2. The molecule has 77 heavy (non-hydrogen) atoms. The molecule has 4 nitrogen and oxygen atoms in total. The van der Waals surface area contributed by atoms with E-state index in [1.807, 2.05) is 0 Å². The molecule has 0 fully saturated rings. The van der Waals surface area contributed by atoms with E-state index in [-0.39, 0.29) is 0 Å². The van der Waals surface area contributed by atoms with Crippen molar-refractivity contribution < 1.29 is 0 Å². The first-order chi connectivity index (χ1) is 37.8. The summed E-state index contributed by atoms with van der Waals surface area (Å²) in [5.74, 6) is 0. The van der Waals surface area contributed by atoms with E-state index in [1.165, 1.54) is 86.7 Å². The van der Waals surface area contributed by atoms with Gasteiger partial charge in [-0.05, 0) is 168 Å². The number of rotatable bonds is 10. The highest BCUT2D eigenvalue weighted by atomic mass is 28.3. The minimum absolute atomic E-state index is 1.12. The molecule has 0 saturated carbocycles. The fraction of sp³-hybridized carbons (Fsp3) is 0.0556. The fourth-order valence-electron chi connectivity index (χ4n) is 12.6. The second-order valence-corrected chi connectivity index (χ2v) is 25.5. The molecule has 0 radical (unpaired) electrons. The zero-order valence-corrected chi connectivity index (χ0v) is 44.7. The molecule has 0 aliphatic rings. The summed E-state index contributed by atoms with van der Waals surface area (Å²) in [6.45, 7) is 9.68. The molecule has 0 aliphatic carbocycles. The molecule has 0 amide bonds. The normalized spacial score (nSPS) is 11.9. The number of benzene rings is 12. The van der Waals surface area contributed by atoms with Crippen LogP contribution in [-0.4, -0.2) is 17.2 Å². The maximum Gasteiger partial charge on any atom is 0.112 e. The first kappa shape index (κ1) is 46.1. The van der Waals surface area contributed by atoms with Crippen molar-refractivity contribution in [2.45, 2.75) is 26.9 Å². The minimum Gasteiger partial charge on any atom is -0.310 e. The number of aryl methyl sites for hydroxylation is 2. The number of hydrogen-bond donors (Lipinski definition) is 0. The summed E-state index contributed by atoms with van der Waals surface area (Å²) in [6, 6.07) is 98.5. The Kier molecular flexibility index (Phi) is 11.1. The molecule has 0 saturated heterocycles. The zero-order valence-electron chi connectivity index (χ0n) is 43.7. The molecule has 0 N–H and O–H groups in total. The van der Waals surface area contributed by atoms with E-state index < -0.39 is 8.07 Å². The van der Waals surface area contributed by atoms with Gasteiger partial charge < -0.3 is 18.9 Å². The molecule has 0 unspecified atom stereocenters. The number of fused-ring (bicyclic) bond motifs is 8. The van der Waals surface area contributed by atoms with Gasteiger partial charge in [0.1, 0.15) is 8.07 Å². The van der Waals surface area contributed by atoms with Crippen LogP contribution in [-0.2, 0) is 0 Å². The second-order valence-electron chi connectivity index (χ2n) is 21.1. The van der Waals surface area contributed by atoms with E-state index in [1.54, 1.807) is 0 Å². The Labute approximate surface area is 450 Å². The van der Waals surface area contributed by atoms with E-state index in [9.17, 15) is 0 Å². The van der Waals surface area contributed by atoms with Crippen LogP contribution in [0.4, 0.5) is 34.1 Å². The van der Waals surface area contributed by atoms with Crippen LogP contribution in [0, 0.1) is 13.8 Å². The minimum atomic E-state index is -2.28. The Morgan fingerprint density at radius 3 is 1.03 bits per heavy atom. The summed E-state index contributed by atoms with van der Waals surface area (Å²) in [5, 5.41) is 12.7. The highest BCUT2D eigenvalue weighted by Gasteiger charge is 2.31. The van der Waals surface area contributed by atoms with Crippen LogP contribution in [0.15, 0.2) is 267 Å². The van der Waals surface area contributed by atoms with E-state index in [4.69, 9.17) is 0 Å². The van der Waals surface area contributed by atoms with Crippen molar-refractivity contribution in [1.29, 1.82) is 0 Å². The maximum atomic E-state index is 2.52. The number of anilines is 6. The summed E-state index contributed by atoms with van der Waals surface area (Å²) >= 11 is 0. The predicted octanol–water partition coefficient (Wildman–Crippen LogP) is 18.6. The third-order valence-electron chi connectivity index (χ3n) is 16.1. The van der Waals surface area contributed by atoms with Gasteiger partial charge in [0.05, 0.1) is 22.1 Å². The number of aromatic nitrogens is 2. The highest BCUT2D eigenvalue weighted by molar-refractivity contribution is 7.01. The molecule has 5 heteroatoms. The number of para-hydroxylation sites is 4. The van der Waals surface area contributed by atoms with Gasteiger partial charge in [-0.3, -0.25) is 0 Å². The molecule has 14 aromatic rings. The van der Waals surface area contributed by atoms with Gasteiger partial charge in [0.25, 0.3) is 0 Å². The van der Waals surface area contributed by atoms with Gasteiger partial charge in [-0.2, -0.15) is 0 Å². The van der Waals surface area contributed by atoms with Gasteiger partial charge in [0.2, 0.25) is 0 Å². The van der Waals surface area contributed by atoms with E-state index in [0.29, 0.717) is 0 Å². The molecule has 0 bridgehead atoms. The van der Waals surface area contributed by atoms with Crippen molar-refractivity contribution in [2.24, 2.45) is 0 Å². The van der Waals surface area contributed by atoms with Gasteiger partial charge in [-0.1, -0.05) is 169 Å². The largest absolute Gasteiger partial charge is 0.310 e. The van der Waals surface area contributed by atoms with Crippen LogP contribution in [0.25, 0.3) is 76.5 Å². The molecule has 0 spiro atoms. The van der Waals surface area contributed by atoms with Crippen LogP contribution in [0.3, 0.4) is 0 Å². The molecule has 2 aromatic heterocycles. The lowest BCUT2D eigenvalue weighted by Gasteiger charge is -2.32. The lowest BCUT2D eigenvalue weighted by Crippen LogP contribution is -2.54. The topological polar surface area (TPSA) is 16.3 Å². The average Bonchev–Trinajstić information content (AvgIpc) is 3.98. The lowest BCUT2D eigenvalue weighted by atomic mass is 10.1. The van der Waals surface area contributed by atoms with Gasteiger partial charge in [0.15, 0.2) is 0 Å². The molecular formula is C72H56N4Si. The van der Waals surface area contributed by atoms with Crippen LogP contribution in [0.1, 0.15) is 11.1 Å². The molecular weight excluding hydrogens is 949 g/mol. The Morgan fingerprint density at radius 1 is 0.273 bits per heavy atom. The zero-order chi connectivity index (χ0) is 51.8. The van der Waals surface area contributed by atoms with Gasteiger partial charge in [0, 0.05) is 67.0 Å². The van der Waals surface area contributed by atoms with Gasteiger partial charge >= 0.3 is 0 Å². The van der Waals surface area contributed by atoms with Crippen molar-refractivity contribution in [3.8, 4) is 11.4 Å². The molecule has 0 aliphatic heterocycles. The van der Waals surface area contributed by atoms with Crippen LogP contribution in [0.2, 0.25) is 13.1 Å². The van der Waals surface area contributed by atoms with E-state index in [0.717, 1.165) is 45.5 Å². The van der Waals surface area contributed by atoms with Crippen LogP contribution >= 0.6 is 0 Å². The second kappa shape index (κ2) is 18.4. The van der Waals surface area contributed by atoms with E-state index >= 15 is 0 Å². The monoisotopic (exact) mass is 1000 g/mol. The quantitative estimate of drug-likeness (QED) is 0.127. The standard InChI is InChI=1S/C72H56N4Si/c1-49-43-57(73(59-33-31-51-19-11-13-21-53(51)45-59)61-35-39-69-65(47-61)63-27-15-17-29-67(63)75(69)55-23-7-5-8-24-55)37-41-71(49)77(3,4)72-42-38-58(44-50(72)2)74(60-34-32-52-20-12-14-22-54(52)46-60)62-36-40-70-66(48-62)64-28-16-18-30-68(64)76(70)56-25-9-6-10-26-56/h5-48H,1-4H3. The maximum absolute atomic E-state index is 2.52. The summed E-state index contributed by atoms with van der Waals surface area (Å²) in [6.07, 6.45) is 0. The molecule has 0 atom stereocenters. The summed E-state index contributed by atoms with van der Waals surface area (Å²) in [7, 11) is -2.28. The van der Waals surface area contributed by atoms with Crippen molar-refractivity contribution in [1.82, 2.24) is 9.13 Å². The summed E-state index contributed by atoms with van der Waals surface area (Å²) < 4.78 is 4.78. The van der Waals surface area contributed by atoms with Crippen LogP contribution < -0.4 is 20.2 Å². The van der Waals surface area contributed by atoms with Gasteiger partial charge in [-0.25, -0.2) is 0 Å². The Balaban J connectivity index is 0.866. The molecule has 14 rings (SSSR count). The number of nitrogens with zero attached hydrogens (tertiary/aromatic N) is 4. The van der Waals surface area contributed by atoms with Crippen LogP contribution in [0.5, 0.6) is 0 Å². The lowest BCUT2D eigenvalue weighted by molar-refractivity contribution is 1.18. The fourth-order valence-corrected chi connectivity index (χ4v) is 16.0. The first-order valence-electron chi connectivity index (χ1n) is 26.7. The SMILES string of the molecule is Cc1cc(N(c2ccc3ccccc3c2)c2ccc3c(c2)c2ccccc2n3-c2ccccc2)ccc1[Si](C)(C)c1ccc(N(c2ccc3ccccc3c2)c2ccc3c(c2)c2ccccc2n3-c2ccccc2)cc1C. The van der Waals surface area contributed by atoms with Crippen molar-refractivity contribution in [3.63, 3.8) is 0 Å². The third-order valence-corrected chi connectivity index (χ3v) is 19.9. The molecule has 368 valence electrons. The van der Waals surface area contributed by atoms with Crippen molar-refractivity contribution in [3.05, 3.63) is 278 Å². The van der Waals surface area contributed by atoms with Crippen molar-refractivity contribution in [2.75, 3.05) is 9.80 Å². The van der Waals surface area contributed by atoms with Crippen molar-refractivity contribution >= 4 is 118 Å². The third kappa shape index (κ3) is 7.81. The summed E-state index contributed by atoms with van der Waals surface area (Å²) in [5.41, 5.74) is 16.5. The molecule has 2 heterocycles. The molecule has 12 aromatic carbocycles. The Hall–Kier alpha value is -9.42. The Morgan fingerprint density at radius 2 is 0.597 bits per heavy atom. The van der Waals surface area contributed by atoms with E-state index in [2.05, 4.69) is 313 Å². The Bertz CT molecular complexity index is 4300.